The lowest BCUT2D eigenvalue weighted by atomic mass is 10.2. The van der Waals surface area contributed by atoms with Crippen LogP contribution in [-0.4, -0.2) is 26.4 Å². The van der Waals surface area contributed by atoms with Gasteiger partial charge in [-0.05, 0) is 28.1 Å². The molecule has 0 aliphatic rings. The van der Waals surface area contributed by atoms with E-state index in [0.29, 0.717) is 23.2 Å². The molecule has 0 spiro atoms. The minimum Gasteiger partial charge on any atom is -0.497 e. The molecule has 0 bridgehead atoms. The van der Waals surface area contributed by atoms with E-state index in [4.69, 9.17) is 4.74 Å². The third-order valence-electron chi connectivity index (χ3n) is 3.23. The first-order valence-corrected chi connectivity index (χ1v) is 7.09. The minimum atomic E-state index is -0.0848. The van der Waals surface area contributed by atoms with Gasteiger partial charge in [-0.25, -0.2) is 4.98 Å². The van der Waals surface area contributed by atoms with Gasteiger partial charge in [0.1, 0.15) is 10.4 Å². The second-order valence-corrected chi connectivity index (χ2v) is 5.43. The summed E-state index contributed by atoms with van der Waals surface area (Å²) >= 11 is 3.38. The molecule has 0 unspecified atom stereocenters. The number of nitrogens with zero attached hydrogens (tertiary/aromatic N) is 4. The average Bonchev–Trinajstić information content (AvgIpc) is 2.79. The maximum atomic E-state index is 12.5. The van der Waals surface area contributed by atoms with Gasteiger partial charge < -0.3 is 4.74 Å². The molecule has 0 saturated heterocycles. The van der Waals surface area contributed by atoms with Crippen LogP contribution in [0.1, 0.15) is 5.56 Å². The Morgan fingerprint density at radius 1 is 1.38 bits per heavy atom. The van der Waals surface area contributed by atoms with Gasteiger partial charge in [0.05, 0.1) is 30.9 Å². The van der Waals surface area contributed by atoms with Gasteiger partial charge in [0.25, 0.3) is 5.56 Å². The largest absolute Gasteiger partial charge is 0.497 e. The number of halogens is 1. The second-order valence-electron chi connectivity index (χ2n) is 4.68. The molecule has 0 fully saturated rings. The number of methoxy groups -OCH3 is 1. The molecule has 21 heavy (non-hydrogen) atoms. The lowest BCUT2D eigenvalue weighted by molar-refractivity contribution is 0.415. The molecule has 3 aromatic rings. The molecular weight excluding hydrogens is 336 g/mol. The van der Waals surface area contributed by atoms with Gasteiger partial charge >= 0.3 is 0 Å². The lowest BCUT2D eigenvalue weighted by Crippen LogP contribution is -2.21. The topological polar surface area (TPSA) is 61.9 Å². The first-order chi connectivity index (χ1) is 10.1. The number of aromatic nitrogens is 4. The highest BCUT2D eigenvalue weighted by molar-refractivity contribution is 9.10. The molecule has 6 nitrogen and oxygen atoms in total. The van der Waals surface area contributed by atoms with Gasteiger partial charge in [-0.1, -0.05) is 0 Å². The first kappa shape index (κ1) is 13.8. The van der Waals surface area contributed by atoms with Crippen LogP contribution in [0.5, 0.6) is 5.75 Å². The first-order valence-electron chi connectivity index (χ1n) is 6.29. The van der Waals surface area contributed by atoms with Crippen molar-refractivity contribution in [2.45, 2.75) is 6.54 Å². The molecule has 0 aliphatic heterocycles. The summed E-state index contributed by atoms with van der Waals surface area (Å²) in [6.07, 6.45) is 3.41. The van der Waals surface area contributed by atoms with Crippen LogP contribution in [-0.2, 0) is 13.6 Å². The van der Waals surface area contributed by atoms with Crippen LogP contribution < -0.4 is 10.3 Å². The van der Waals surface area contributed by atoms with Gasteiger partial charge in [0.2, 0.25) is 0 Å². The van der Waals surface area contributed by atoms with Crippen molar-refractivity contribution in [3.63, 3.8) is 0 Å². The predicted molar refractivity (Wildman–Crippen MR) is 82.6 cm³/mol. The summed E-state index contributed by atoms with van der Waals surface area (Å²) in [6, 6.07) is 5.25. The van der Waals surface area contributed by atoms with E-state index in [2.05, 4.69) is 26.0 Å². The Morgan fingerprint density at radius 3 is 2.86 bits per heavy atom. The zero-order chi connectivity index (χ0) is 15.0. The zero-order valence-electron chi connectivity index (χ0n) is 11.6. The molecule has 1 aromatic carbocycles. The SMILES string of the molecule is COc1ccc2c(=O)n(Cc3cn(C)nc3Br)cnc2c1. The van der Waals surface area contributed by atoms with E-state index in [0.717, 1.165) is 10.2 Å². The van der Waals surface area contributed by atoms with Crippen molar-refractivity contribution in [1.29, 1.82) is 0 Å². The number of ether oxygens (including phenoxy) is 1. The third-order valence-corrected chi connectivity index (χ3v) is 3.89. The maximum absolute atomic E-state index is 12.5. The van der Waals surface area contributed by atoms with Crippen molar-refractivity contribution < 1.29 is 4.74 Å². The van der Waals surface area contributed by atoms with E-state index in [9.17, 15) is 4.79 Å². The van der Waals surface area contributed by atoms with Crippen LogP contribution in [0.15, 0.2) is 40.1 Å². The molecular formula is C14H13BrN4O2. The Labute approximate surface area is 129 Å². The number of fused-ring (bicyclic) bond motifs is 1. The smallest absolute Gasteiger partial charge is 0.261 e. The van der Waals surface area contributed by atoms with Crippen molar-refractivity contribution >= 4 is 26.8 Å². The van der Waals surface area contributed by atoms with Crippen LogP contribution in [0, 0.1) is 0 Å². The molecule has 2 heterocycles. The summed E-state index contributed by atoms with van der Waals surface area (Å²) in [6.45, 7) is 0.419. The van der Waals surface area contributed by atoms with Crippen molar-refractivity contribution in [3.05, 3.63) is 51.2 Å². The van der Waals surface area contributed by atoms with E-state index >= 15 is 0 Å². The van der Waals surface area contributed by atoms with Crippen LogP contribution in [0.3, 0.4) is 0 Å². The standard InChI is InChI=1S/C14H13BrN4O2/c1-18-6-9(13(15)17-18)7-19-8-16-12-5-10(21-2)3-4-11(12)14(19)20/h3-6,8H,7H2,1-2H3. The minimum absolute atomic E-state index is 0.0848. The van der Waals surface area contributed by atoms with Crippen molar-refractivity contribution in [2.24, 2.45) is 7.05 Å². The summed E-state index contributed by atoms with van der Waals surface area (Å²) < 4.78 is 9.13. The van der Waals surface area contributed by atoms with Crippen molar-refractivity contribution in [1.82, 2.24) is 19.3 Å². The fraction of sp³-hybridized carbons (Fsp3) is 0.214. The number of aryl methyl sites for hydroxylation is 1. The molecule has 108 valence electrons. The molecule has 0 amide bonds. The molecule has 0 atom stereocenters. The molecule has 0 aliphatic carbocycles. The maximum Gasteiger partial charge on any atom is 0.261 e. The van der Waals surface area contributed by atoms with Gasteiger partial charge in [-0.3, -0.25) is 14.0 Å². The van der Waals surface area contributed by atoms with E-state index < -0.39 is 0 Å². The Morgan fingerprint density at radius 2 is 2.19 bits per heavy atom. The zero-order valence-corrected chi connectivity index (χ0v) is 13.2. The molecule has 2 aromatic heterocycles. The summed E-state index contributed by atoms with van der Waals surface area (Å²) in [5, 5.41) is 4.77. The summed E-state index contributed by atoms with van der Waals surface area (Å²) in [5.41, 5.74) is 1.47. The lowest BCUT2D eigenvalue weighted by Gasteiger charge is -2.06. The number of benzene rings is 1. The second kappa shape index (κ2) is 5.33. The number of hydrogen-bond donors (Lipinski definition) is 0. The monoisotopic (exact) mass is 348 g/mol. The Kier molecular flexibility index (Phi) is 3.50. The highest BCUT2D eigenvalue weighted by Crippen LogP contribution is 2.17. The fourth-order valence-electron chi connectivity index (χ4n) is 2.18. The highest BCUT2D eigenvalue weighted by atomic mass is 79.9. The van der Waals surface area contributed by atoms with Crippen LogP contribution >= 0.6 is 15.9 Å². The summed E-state index contributed by atoms with van der Waals surface area (Å²) in [5.74, 6) is 0.683. The Bertz CT molecular complexity index is 869. The Hall–Kier alpha value is -2.15. The van der Waals surface area contributed by atoms with Crippen LogP contribution in [0.25, 0.3) is 10.9 Å². The average molecular weight is 349 g/mol. The molecule has 3 rings (SSSR count). The predicted octanol–water partition coefficient (Wildman–Crippen LogP) is 1.95. The number of rotatable bonds is 3. The van der Waals surface area contributed by atoms with Gasteiger partial charge in [0.15, 0.2) is 0 Å². The van der Waals surface area contributed by atoms with E-state index in [1.54, 1.807) is 40.9 Å². The van der Waals surface area contributed by atoms with E-state index in [1.807, 2.05) is 13.2 Å². The van der Waals surface area contributed by atoms with E-state index in [-0.39, 0.29) is 5.56 Å². The van der Waals surface area contributed by atoms with Crippen LogP contribution in [0.4, 0.5) is 0 Å². The molecule has 0 N–H and O–H groups in total. The van der Waals surface area contributed by atoms with Crippen molar-refractivity contribution in [2.75, 3.05) is 7.11 Å². The summed E-state index contributed by atoms with van der Waals surface area (Å²) in [4.78, 5) is 16.8. The van der Waals surface area contributed by atoms with Gasteiger partial charge in [-0.15, -0.1) is 0 Å². The third kappa shape index (κ3) is 2.56. The van der Waals surface area contributed by atoms with E-state index in [1.165, 1.54) is 0 Å². The molecule has 0 radical (unpaired) electrons. The summed E-state index contributed by atoms with van der Waals surface area (Å²) in [7, 11) is 3.42. The quantitative estimate of drug-likeness (QED) is 0.725. The van der Waals surface area contributed by atoms with Gasteiger partial charge in [0, 0.05) is 24.9 Å². The van der Waals surface area contributed by atoms with Gasteiger partial charge in [-0.2, -0.15) is 5.10 Å². The number of hydrogen-bond acceptors (Lipinski definition) is 4. The molecule has 7 heteroatoms. The highest BCUT2D eigenvalue weighted by Gasteiger charge is 2.09. The normalized spacial score (nSPS) is 11.0. The Balaban J connectivity index is 2.06. The van der Waals surface area contributed by atoms with Crippen molar-refractivity contribution in [3.8, 4) is 5.75 Å². The molecule has 0 saturated carbocycles. The van der Waals surface area contributed by atoms with Crippen LogP contribution in [0.2, 0.25) is 0 Å². The fourth-order valence-corrected chi connectivity index (χ4v) is 2.66.